The number of carbonyl (C=O) groups excluding carboxylic acids is 1. The Morgan fingerprint density at radius 2 is 2.18 bits per heavy atom. The summed E-state index contributed by atoms with van der Waals surface area (Å²) in [5, 5.41) is 6.99. The lowest BCUT2D eigenvalue weighted by Crippen LogP contribution is -2.19. The van der Waals surface area contributed by atoms with Gasteiger partial charge in [-0.25, -0.2) is 9.07 Å². The van der Waals surface area contributed by atoms with Crippen LogP contribution in [0.4, 0.5) is 10.2 Å². The number of carbonyl (C=O) groups is 1. The predicted molar refractivity (Wildman–Crippen MR) is 82.4 cm³/mol. The van der Waals surface area contributed by atoms with Crippen molar-refractivity contribution in [2.45, 2.75) is 32.7 Å². The van der Waals surface area contributed by atoms with E-state index in [9.17, 15) is 9.18 Å². The number of anilines is 1. The topological polar surface area (TPSA) is 56.2 Å². The summed E-state index contributed by atoms with van der Waals surface area (Å²) in [6.45, 7) is 4.20. The molecule has 0 saturated carbocycles. The standard InChI is InChI=1S/C16H20FN3O2/c1-3-12(2)20-15(8-10-18-20)19-16(21)9-11-22-14-7-5-4-6-13(14)17/h4-8,10,12H,3,9,11H2,1-2H3,(H,19,21). The second-order valence-electron chi connectivity index (χ2n) is 5.00. The summed E-state index contributed by atoms with van der Waals surface area (Å²) < 4.78 is 20.4. The molecular weight excluding hydrogens is 285 g/mol. The lowest BCUT2D eigenvalue weighted by molar-refractivity contribution is -0.116. The minimum absolute atomic E-state index is 0.115. The maximum atomic E-state index is 13.4. The van der Waals surface area contributed by atoms with Crippen LogP contribution in [0.3, 0.4) is 0 Å². The highest BCUT2D eigenvalue weighted by Gasteiger charge is 2.11. The van der Waals surface area contributed by atoms with Crippen molar-refractivity contribution in [2.24, 2.45) is 0 Å². The molecule has 6 heteroatoms. The first-order valence-electron chi connectivity index (χ1n) is 7.32. The van der Waals surface area contributed by atoms with Gasteiger partial charge >= 0.3 is 0 Å². The Kier molecular flexibility index (Phi) is 5.52. The Morgan fingerprint density at radius 3 is 2.91 bits per heavy atom. The van der Waals surface area contributed by atoms with Crippen LogP contribution in [0.15, 0.2) is 36.5 Å². The van der Waals surface area contributed by atoms with Crippen molar-refractivity contribution in [1.82, 2.24) is 9.78 Å². The van der Waals surface area contributed by atoms with Gasteiger partial charge in [0.25, 0.3) is 0 Å². The number of nitrogens with zero attached hydrogens (tertiary/aromatic N) is 2. The van der Waals surface area contributed by atoms with Crippen LogP contribution in [-0.4, -0.2) is 22.3 Å². The number of amides is 1. The minimum Gasteiger partial charge on any atom is -0.490 e. The predicted octanol–water partition coefficient (Wildman–Crippen LogP) is 3.40. The molecule has 0 radical (unpaired) electrons. The number of rotatable bonds is 7. The van der Waals surface area contributed by atoms with Crippen LogP contribution >= 0.6 is 0 Å². The fourth-order valence-electron chi connectivity index (χ4n) is 1.96. The van der Waals surface area contributed by atoms with Gasteiger partial charge in [-0.15, -0.1) is 0 Å². The van der Waals surface area contributed by atoms with Gasteiger partial charge in [0.2, 0.25) is 5.91 Å². The number of halogens is 1. The van der Waals surface area contributed by atoms with Gasteiger partial charge < -0.3 is 10.1 Å². The zero-order valence-electron chi connectivity index (χ0n) is 12.8. The van der Waals surface area contributed by atoms with Crippen LogP contribution in [0.25, 0.3) is 0 Å². The Hall–Kier alpha value is -2.37. The summed E-state index contributed by atoms with van der Waals surface area (Å²) >= 11 is 0. The van der Waals surface area contributed by atoms with E-state index in [1.165, 1.54) is 12.1 Å². The Balaban J connectivity index is 1.84. The molecule has 0 bridgehead atoms. The number of benzene rings is 1. The van der Waals surface area contributed by atoms with E-state index in [-0.39, 0.29) is 30.7 Å². The number of para-hydroxylation sites is 1. The summed E-state index contributed by atoms with van der Waals surface area (Å²) in [5.41, 5.74) is 0. The van der Waals surface area contributed by atoms with Crippen molar-refractivity contribution in [3.63, 3.8) is 0 Å². The number of ether oxygens (including phenoxy) is 1. The Labute approximate surface area is 129 Å². The van der Waals surface area contributed by atoms with Gasteiger partial charge in [-0.2, -0.15) is 5.10 Å². The smallest absolute Gasteiger partial charge is 0.228 e. The van der Waals surface area contributed by atoms with E-state index in [1.54, 1.807) is 29.1 Å². The van der Waals surface area contributed by atoms with Crippen molar-refractivity contribution in [3.8, 4) is 5.75 Å². The van der Waals surface area contributed by atoms with Gasteiger partial charge in [0, 0.05) is 6.07 Å². The highest BCUT2D eigenvalue weighted by Crippen LogP contribution is 2.17. The van der Waals surface area contributed by atoms with Crippen LogP contribution in [0.1, 0.15) is 32.7 Å². The number of aromatic nitrogens is 2. The van der Waals surface area contributed by atoms with E-state index in [0.717, 1.165) is 6.42 Å². The van der Waals surface area contributed by atoms with E-state index in [1.807, 2.05) is 6.92 Å². The fraction of sp³-hybridized carbons (Fsp3) is 0.375. The number of hydrogen-bond acceptors (Lipinski definition) is 3. The van der Waals surface area contributed by atoms with Crippen molar-refractivity contribution in [1.29, 1.82) is 0 Å². The maximum absolute atomic E-state index is 13.4. The second kappa shape index (κ2) is 7.59. The van der Waals surface area contributed by atoms with Crippen LogP contribution in [0.2, 0.25) is 0 Å². The average Bonchev–Trinajstić information content (AvgIpc) is 2.96. The number of hydrogen-bond donors (Lipinski definition) is 1. The molecule has 1 atom stereocenters. The second-order valence-corrected chi connectivity index (χ2v) is 5.00. The largest absolute Gasteiger partial charge is 0.490 e. The molecule has 1 amide bonds. The summed E-state index contributed by atoms with van der Waals surface area (Å²) in [6.07, 6.45) is 2.71. The SMILES string of the molecule is CCC(C)n1nccc1NC(=O)CCOc1ccccc1F. The lowest BCUT2D eigenvalue weighted by Gasteiger charge is -2.14. The zero-order valence-corrected chi connectivity index (χ0v) is 12.8. The molecule has 1 N–H and O–H groups in total. The highest BCUT2D eigenvalue weighted by atomic mass is 19.1. The van der Waals surface area contributed by atoms with Gasteiger partial charge in [-0.05, 0) is 25.5 Å². The third-order valence-electron chi connectivity index (χ3n) is 3.37. The van der Waals surface area contributed by atoms with Crippen LogP contribution < -0.4 is 10.1 Å². The molecule has 0 spiro atoms. The first-order valence-corrected chi connectivity index (χ1v) is 7.32. The van der Waals surface area contributed by atoms with Crippen LogP contribution in [-0.2, 0) is 4.79 Å². The van der Waals surface area contributed by atoms with Gasteiger partial charge in [-0.1, -0.05) is 19.1 Å². The Bertz CT molecular complexity index is 627. The maximum Gasteiger partial charge on any atom is 0.228 e. The van der Waals surface area contributed by atoms with Gasteiger partial charge in [0.1, 0.15) is 5.82 Å². The average molecular weight is 305 g/mol. The van der Waals surface area contributed by atoms with E-state index in [4.69, 9.17) is 4.74 Å². The van der Waals surface area contributed by atoms with Crippen molar-refractivity contribution >= 4 is 11.7 Å². The third kappa shape index (κ3) is 4.07. The Morgan fingerprint density at radius 1 is 1.41 bits per heavy atom. The summed E-state index contributed by atoms with van der Waals surface area (Å²) in [4.78, 5) is 11.9. The molecule has 1 aromatic carbocycles. The molecule has 1 heterocycles. The summed E-state index contributed by atoms with van der Waals surface area (Å²) in [7, 11) is 0. The fourth-order valence-corrected chi connectivity index (χ4v) is 1.96. The van der Waals surface area contributed by atoms with E-state index >= 15 is 0 Å². The molecule has 22 heavy (non-hydrogen) atoms. The molecule has 0 aliphatic carbocycles. The quantitative estimate of drug-likeness (QED) is 0.853. The van der Waals surface area contributed by atoms with Crippen molar-refractivity contribution in [3.05, 3.63) is 42.3 Å². The normalized spacial score (nSPS) is 12.0. The monoisotopic (exact) mass is 305 g/mol. The summed E-state index contributed by atoms with van der Waals surface area (Å²) in [5.74, 6) is 0.185. The molecule has 1 unspecified atom stereocenters. The molecule has 2 rings (SSSR count). The highest BCUT2D eigenvalue weighted by molar-refractivity contribution is 5.89. The van der Waals surface area contributed by atoms with Gasteiger partial charge in [-0.3, -0.25) is 4.79 Å². The van der Waals surface area contributed by atoms with Gasteiger partial charge in [0.05, 0.1) is 25.3 Å². The molecule has 5 nitrogen and oxygen atoms in total. The van der Waals surface area contributed by atoms with E-state index in [0.29, 0.717) is 5.82 Å². The molecule has 0 fully saturated rings. The van der Waals surface area contributed by atoms with Crippen molar-refractivity contribution < 1.29 is 13.9 Å². The first-order chi connectivity index (χ1) is 10.6. The third-order valence-corrected chi connectivity index (χ3v) is 3.37. The zero-order chi connectivity index (χ0) is 15.9. The number of nitrogens with one attached hydrogen (secondary N) is 1. The van der Waals surface area contributed by atoms with E-state index in [2.05, 4.69) is 17.3 Å². The molecule has 0 aliphatic rings. The molecule has 1 aromatic heterocycles. The van der Waals surface area contributed by atoms with E-state index < -0.39 is 5.82 Å². The molecule has 118 valence electrons. The molecular formula is C16H20FN3O2. The summed E-state index contributed by atoms with van der Waals surface area (Å²) in [6, 6.07) is 8.08. The first kappa shape index (κ1) is 16.0. The van der Waals surface area contributed by atoms with Crippen LogP contribution in [0.5, 0.6) is 5.75 Å². The molecule has 0 aliphatic heterocycles. The van der Waals surface area contributed by atoms with Crippen molar-refractivity contribution in [2.75, 3.05) is 11.9 Å². The lowest BCUT2D eigenvalue weighted by atomic mass is 10.3. The minimum atomic E-state index is -0.433. The molecule has 2 aromatic rings. The van der Waals surface area contributed by atoms with Crippen LogP contribution in [0, 0.1) is 5.82 Å². The van der Waals surface area contributed by atoms with Gasteiger partial charge in [0.15, 0.2) is 11.6 Å². The molecule has 0 saturated heterocycles.